The number of allylic oxidation sites excluding steroid dienone is 3. The maximum absolute atomic E-state index is 12.0. The first-order chi connectivity index (χ1) is 9.70. The smallest absolute Gasteiger partial charge is 0.244 e. The molecule has 0 bridgehead atoms. The van der Waals surface area contributed by atoms with Crippen LogP contribution in [0.3, 0.4) is 0 Å². The molecule has 0 spiro atoms. The van der Waals surface area contributed by atoms with Crippen LogP contribution in [0.25, 0.3) is 0 Å². The Hall–Kier alpha value is -1.54. The molecule has 1 aliphatic carbocycles. The van der Waals surface area contributed by atoms with Crippen molar-refractivity contribution in [1.29, 1.82) is 0 Å². The van der Waals surface area contributed by atoms with Gasteiger partial charge in [0.2, 0.25) is 5.91 Å². The van der Waals surface area contributed by atoms with Gasteiger partial charge in [-0.25, -0.2) is 0 Å². The van der Waals surface area contributed by atoms with Gasteiger partial charge in [-0.15, -0.1) is 0 Å². The Kier molecular flexibility index (Phi) is 5.42. The Morgan fingerprint density at radius 2 is 2.00 bits per heavy atom. The normalized spacial score (nSPS) is 17.3. The van der Waals surface area contributed by atoms with Crippen molar-refractivity contribution >= 4 is 17.5 Å². The van der Waals surface area contributed by atoms with Crippen LogP contribution in [0.2, 0.25) is 5.02 Å². The molecule has 0 aromatic heterocycles. The average Bonchev–Trinajstić information content (AvgIpc) is 2.37. The molecule has 1 aromatic carbocycles. The van der Waals surface area contributed by atoms with Gasteiger partial charge in [0.05, 0.1) is 6.04 Å². The molecule has 1 saturated carbocycles. The summed E-state index contributed by atoms with van der Waals surface area (Å²) < 4.78 is 0. The SMILES string of the molecule is CC=CC=CC(=O)NC(c1ccc(Cl)cc1)C1CCC1. The zero-order chi connectivity index (χ0) is 14.4. The highest BCUT2D eigenvalue weighted by molar-refractivity contribution is 6.30. The molecule has 106 valence electrons. The highest BCUT2D eigenvalue weighted by atomic mass is 35.5. The lowest BCUT2D eigenvalue weighted by Crippen LogP contribution is -2.35. The molecule has 0 aliphatic heterocycles. The standard InChI is InChI=1S/C17H20ClNO/c1-2-3-4-8-16(20)19-17(13-6-5-7-13)14-9-11-15(18)12-10-14/h2-4,8-13,17H,5-7H2,1H3,(H,19,20). The van der Waals surface area contributed by atoms with E-state index < -0.39 is 0 Å². The van der Waals surface area contributed by atoms with E-state index in [-0.39, 0.29) is 11.9 Å². The van der Waals surface area contributed by atoms with E-state index in [1.165, 1.54) is 19.3 Å². The fraction of sp³-hybridized carbons (Fsp3) is 0.353. The van der Waals surface area contributed by atoms with E-state index in [9.17, 15) is 4.79 Å². The molecular weight excluding hydrogens is 270 g/mol. The van der Waals surface area contributed by atoms with Crippen molar-refractivity contribution < 1.29 is 4.79 Å². The van der Waals surface area contributed by atoms with Crippen LogP contribution in [-0.4, -0.2) is 5.91 Å². The largest absolute Gasteiger partial charge is 0.345 e. The van der Waals surface area contributed by atoms with Crippen molar-refractivity contribution in [1.82, 2.24) is 5.32 Å². The third-order valence-electron chi connectivity index (χ3n) is 3.70. The van der Waals surface area contributed by atoms with Gasteiger partial charge >= 0.3 is 0 Å². The van der Waals surface area contributed by atoms with Gasteiger partial charge in [0.15, 0.2) is 0 Å². The van der Waals surface area contributed by atoms with Gasteiger partial charge in [0.1, 0.15) is 0 Å². The van der Waals surface area contributed by atoms with Crippen LogP contribution in [0.1, 0.15) is 37.8 Å². The van der Waals surface area contributed by atoms with Crippen LogP contribution in [0.4, 0.5) is 0 Å². The highest BCUT2D eigenvalue weighted by Crippen LogP contribution is 2.37. The number of hydrogen-bond acceptors (Lipinski definition) is 1. The number of carbonyl (C=O) groups is 1. The summed E-state index contributed by atoms with van der Waals surface area (Å²) in [5, 5.41) is 3.83. The topological polar surface area (TPSA) is 29.1 Å². The molecular formula is C17H20ClNO. The molecule has 2 nitrogen and oxygen atoms in total. The van der Waals surface area contributed by atoms with Crippen molar-refractivity contribution in [2.75, 3.05) is 0 Å². The fourth-order valence-electron chi connectivity index (χ4n) is 2.37. The molecule has 1 aromatic rings. The summed E-state index contributed by atoms with van der Waals surface area (Å²) >= 11 is 5.93. The molecule has 3 heteroatoms. The Balaban J connectivity index is 2.08. The second kappa shape index (κ2) is 7.30. The molecule has 0 saturated heterocycles. The summed E-state index contributed by atoms with van der Waals surface area (Å²) in [6.45, 7) is 1.92. The molecule has 20 heavy (non-hydrogen) atoms. The first-order valence-corrected chi connectivity index (χ1v) is 7.44. The Bertz CT molecular complexity index is 500. The van der Waals surface area contributed by atoms with E-state index in [4.69, 9.17) is 11.6 Å². The van der Waals surface area contributed by atoms with Crippen molar-refractivity contribution in [3.05, 3.63) is 59.2 Å². The van der Waals surface area contributed by atoms with E-state index >= 15 is 0 Å². The second-order valence-electron chi connectivity index (χ2n) is 5.11. The lowest BCUT2D eigenvalue weighted by Gasteiger charge is -2.34. The van der Waals surface area contributed by atoms with Crippen molar-refractivity contribution in [2.45, 2.75) is 32.2 Å². The summed E-state index contributed by atoms with van der Waals surface area (Å²) in [6, 6.07) is 7.85. The van der Waals surface area contributed by atoms with Gasteiger partial charge in [-0.05, 0) is 43.4 Å². The molecule has 0 heterocycles. The minimum atomic E-state index is -0.0463. The van der Waals surface area contributed by atoms with Crippen LogP contribution in [0, 0.1) is 5.92 Å². The zero-order valence-corrected chi connectivity index (χ0v) is 12.4. The Labute approximate surface area is 125 Å². The van der Waals surface area contributed by atoms with Gasteiger partial charge < -0.3 is 5.32 Å². The zero-order valence-electron chi connectivity index (χ0n) is 11.7. The number of halogens is 1. The predicted octanol–water partition coefficient (Wildman–Crippen LogP) is 4.43. The summed E-state index contributed by atoms with van der Waals surface area (Å²) in [4.78, 5) is 12.0. The molecule has 1 unspecified atom stereocenters. The second-order valence-corrected chi connectivity index (χ2v) is 5.55. The van der Waals surface area contributed by atoms with E-state index in [1.54, 1.807) is 12.2 Å². The molecule has 0 radical (unpaired) electrons. The minimum absolute atomic E-state index is 0.0463. The molecule has 1 fully saturated rings. The van der Waals surface area contributed by atoms with Gasteiger partial charge in [-0.3, -0.25) is 4.79 Å². The average molecular weight is 290 g/mol. The molecule has 2 rings (SSSR count). The first kappa shape index (κ1) is 14.9. The van der Waals surface area contributed by atoms with Gasteiger partial charge in [0, 0.05) is 11.1 Å². The van der Waals surface area contributed by atoms with Crippen LogP contribution in [0.5, 0.6) is 0 Å². The maximum atomic E-state index is 12.0. The number of carbonyl (C=O) groups excluding carboxylic acids is 1. The van der Waals surface area contributed by atoms with E-state index in [0.717, 1.165) is 10.6 Å². The van der Waals surface area contributed by atoms with Crippen molar-refractivity contribution in [3.8, 4) is 0 Å². The monoisotopic (exact) mass is 289 g/mol. The molecule has 1 N–H and O–H groups in total. The summed E-state index contributed by atoms with van der Waals surface area (Å²) in [5.41, 5.74) is 1.13. The summed E-state index contributed by atoms with van der Waals surface area (Å²) in [5.74, 6) is 0.491. The minimum Gasteiger partial charge on any atom is -0.345 e. The summed E-state index contributed by atoms with van der Waals surface area (Å²) in [7, 11) is 0. The molecule has 1 atom stereocenters. The van der Waals surface area contributed by atoms with Crippen LogP contribution >= 0.6 is 11.6 Å². The number of nitrogens with one attached hydrogen (secondary N) is 1. The lowest BCUT2D eigenvalue weighted by molar-refractivity contribution is -0.117. The third-order valence-corrected chi connectivity index (χ3v) is 3.95. The van der Waals surface area contributed by atoms with Crippen LogP contribution < -0.4 is 5.32 Å². The van der Waals surface area contributed by atoms with E-state index in [2.05, 4.69) is 5.32 Å². The van der Waals surface area contributed by atoms with E-state index in [0.29, 0.717) is 5.92 Å². The quantitative estimate of drug-likeness (QED) is 0.630. The highest BCUT2D eigenvalue weighted by Gasteiger charge is 2.29. The van der Waals surface area contributed by atoms with Crippen LogP contribution in [0.15, 0.2) is 48.6 Å². The molecule has 1 amide bonds. The lowest BCUT2D eigenvalue weighted by atomic mass is 9.77. The van der Waals surface area contributed by atoms with Gasteiger partial charge in [-0.2, -0.15) is 0 Å². The first-order valence-electron chi connectivity index (χ1n) is 7.06. The molecule has 1 aliphatic rings. The van der Waals surface area contributed by atoms with Crippen LogP contribution in [-0.2, 0) is 4.79 Å². The fourth-order valence-corrected chi connectivity index (χ4v) is 2.50. The number of rotatable bonds is 5. The Morgan fingerprint density at radius 1 is 1.30 bits per heavy atom. The van der Waals surface area contributed by atoms with Gasteiger partial charge in [-0.1, -0.05) is 48.4 Å². The number of amides is 1. The third kappa shape index (κ3) is 3.97. The predicted molar refractivity (Wildman–Crippen MR) is 83.6 cm³/mol. The number of benzene rings is 1. The van der Waals surface area contributed by atoms with E-state index in [1.807, 2.05) is 43.3 Å². The summed E-state index contributed by atoms with van der Waals surface area (Å²) in [6.07, 6.45) is 10.7. The van der Waals surface area contributed by atoms with Crippen molar-refractivity contribution in [2.24, 2.45) is 5.92 Å². The van der Waals surface area contributed by atoms with Gasteiger partial charge in [0.25, 0.3) is 0 Å². The van der Waals surface area contributed by atoms with Crippen molar-refractivity contribution in [3.63, 3.8) is 0 Å². The Morgan fingerprint density at radius 3 is 2.55 bits per heavy atom. The maximum Gasteiger partial charge on any atom is 0.244 e. The number of hydrogen-bond donors (Lipinski definition) is 1.